The highest BCUT2D eigenvalue weighted by atomic mass is 16.5. The van der Waals surface area contributed by atoms with Gasteiger partial charge in [-0.2, -0.15) is 0 Å². The second-order valence-corrected chi connectivity index (χ2v) is 4.86. The maximum absolute atomic E-state index is 12.4. The third-order valence-corrected chi connectivity index (χ3v) is 3.23. The Hall–Kier alpha value is -2.82. The number of nitrogens with zero attached hydrogens (tertiary/aromatic N) is 1. The van der Waals surface area contributed by atoms with Crippen LogP contribution in [0, 0.1) is 6.92 Å². The van der Waals surface area contributed by atoms with Gasteiger partial charge in [0.2, 0.25) is 0 Å². The van der Waals surface area contributed by atoms with Crippen molar-refractivity contribution in [2.75, 3.05) is 11.9 Å². The molecule has 22 heavy (non-hydrogen) atoms. The number of pyridine rings is 1. The third kappa shape index (κ3) is 2.79. The van der Waals surface area contributed by atoms with E-state index < -0.39 is 0 Å². The number of amides is 1. The van der Waals surface area contributed by atoms with Gasteiger partial charge in [-0.05, 0) is 44.2 Å². The Bertz CT molecular complexity index is 824. The zero-order chi connectivity index (χ0) is 15.5. The normalized spacial score (nSPS) is 10.6. The minimum Gasteiger partial charge on any atom is -0.493 e. The zero-order valence-electron chi connectivity index (χ0n) is 12.4. The summed E-state index contributed by atoms with van der Waals surface area (Å²) in [6, 6.07) is 10.7. The number of carbonyl (C=O) groups is 1. The first-order valence-electron chi connectivity index (χ1n) is 7.06. The number of nitrogens with one attached hydrogen (secondary N) is 1. The lowest BCUT2D eigenvalue weighted by Crippen LogP contribution is -2.13. The highest BCUT2D eigenvalue weighted by molar-refractivity contribution is 6.06. The number of aromatic nitrogens is 1. The van der Waals surface area contributed by atoms with Crippen molar-refractivity contribution >= 4 is 22.7 Å². The summed E-state index contributed by atoms with van der Waals surface area (Å²) in [5, 5.41) is 3.63. The smallest absolute Gasteiger partial charge is 0.257 e. The van der Waals surface area contributed by atoms with Crippen LogP contribution in [0.5, 0.6) is 5.75 Å². The molecule has 0 atom stereocenters. The highest BCUT2D eigenvalue weighted by Crippen LogP contribution is 2.29. The average Bonchev–Trinajstić information content (AvgIpc) is 2.96. The first-order valence-corrected chi connectivity index (χ1v) is 7.06. The Balaban J connectivity index is 1.93. The molecule has 0 aliphatic rings. The van der Waals surface area contributed by atoms with Crippen molar-refractivity contribution in [3.63, 3.8) is 0 Å². The van der Waals surface area contributed by atoms with Crippen molar-refractivity contribution in [3.05, 3.63) is 53.9 Å². The van der Waals surface area contributed by atoms with Crippen molar-refractivity contribution in [2.45, 2.75) is 13.8 Å². The number of rotatable bonds is 4. The van der Waals surface area contributed by atoms with E-state index in [9.17, 15) is 4.79 Å². The average molecular weight is 296 g/mol. The van der Waals surface area contributed by atoms with Gasteiger partial charge in [-0.1, -0.05) is 6.07 Å². The number of ether oxygens (including phenoxy) is 1. The number of furan rings is 1. The molecule has 112 valence electrons. The Kier molecular flexibility index (Phi) is 3.78. The molecule has 0 saturated heterocycles. The van der Waals surface area contributed by atoms with Crippen molar-refractivity contribution < 1.29 is 13.9 Å². The first kappa shape index (κ1) is 14.1. The standard InChI is InChI=1S/C17H16N2O3/c1-3-21-14-9-12(10-15-13(14)7-8-22-15)17(20)19-16-6-4-5-11(2)18-16/h4-10H,3H2,1-2H3,(H,18,19,20). The van der Waals surface area contributed by atoms with Gasteiger partial charge >= 0.3 is 0 Å². The van der Waals surface area contributed by atoms with E-state index in [1.54, 1.807) is 24.5 Å². The van der Waals surface area contributed by atoms with Crippen LogP contribution in [-0.4, -0.2) is 17.5 Å². The minimum absolute atomic E-state index is 0.252. The van der Waals surface area contributed by atoms with E-state index in [0.29, 0.717) is 29.3 Å². The first-order chi connectivity index (χ1) is 10.7. The maximum Gasteiger partial charge on any atom is 0.257 e. The lowest BCUT2D eigenvalue weighted by atomic mass is 10.1. The zero-order valence-corrected chi connectivity index (χ0v) is 12.4. The van der Waals surface area contributed by atoms with Crippen LogP contribution in [0.25, 0.3) is 11.0 Å². The monoisotopic (exact) mass is 296 g/mol. The second kappa shape index (κ2) is 5.89. The van der Waals surface area contributed by atoms with Crippen LogP contribution >= 0.6 is 0 Å². The second-order valence-electron chi connectivity index (χ2n) is 4.86. The fourth-order valence-corrected chi connectivity index (χ4v) is 2.25. The number of carbonyl (C=O) groups excluding carboxylic acids is 1. The summed E-state index contributed by atoms with van der Waals surface area (Å²) >= 11 is 0. The molecule has 2 heterocycles. The van der Waals surface area contributed by atoms with E-state index in [0.717, 1.165) is 11.1 Å². The summed E-state index contributed by atoms with van der Waals surface area (Å²) in [4.78, 5) is 16.7. The van der Waals surface area contributed by atoms with Gasteiger partial charge in [0, 0.05) is 11.3 Å². The van der Waals surface area contributed by atoms with Crippen LogP contribution in [0.4, 0.5) is 5.82 Å². The fraction of sp³-hybridized carbons (Fsp3) is 0.176. The Morgan fingerprint density at radius 3 is 2.95 bits per heavy atom. The molecule has 0 spiro atoms. The molecule has 0 fully saturated rings. The van der Waals surface area contributed by atoms with Crippen molar-refractivity contribution in [1.82, 2.24) is 4.98 Å². The van der Waals surface area contributed by atoms with Crippen LogP contribution in [0.1, 0.15) is 23.0 Å². The van der Waals surface area contributed by atoms with Gasteiger partial charge in [0.1, 0.15) is 17.2 Å². The van der Waals surface area contributed by atoms with E-state index in [1.807, 2.05) is 32.0 Å². The van der Waals surface area contributed by atoms with Crippen LogP contribution in [0.3, 0.4) is 0 Å². The van der Waals surface area contributed by atoms with Gasteiger partial charge < -0.3 is 14.5 Å². The largest absolute Gasteiger partial charge is 0.493 e. The lowest BCUT2D eigenvalue weighted by Gasteiger charge is -2.08. The topological polar surface area (TPSA) is 64.4 Å². The number of fused-ring (bicyclic) bond motifs is 1. The van der Waals surface area contributed by atoms with E-state index in [-0.39, 0.29) is 5.91 Å². The summed E-state index contributed by atoms with van der Waals surface area (Å²) in [7, 11) is 0. The molecule has 1 aromatic carbocycles. The SMILES string of the molecule is CCOc1cc(C(=O)Nc2cccc(C)n2)cc2occc12. The Labute approximate surface area is 127 Å². The highest BCUT2D eigenvalue weighted by Gasteiger charge is 2.13. The van der Waals surface area contributed by atoms with Crippen LogP contribution in [0.2, 0.25) is 0 Å². The molecule has 0 aliphatic heterocycles. The molecule has 0 bridgehead atoms. The van der Waals surface area contributed by atoms with Crippen LogP contribution in [0.15, 0.2) is 47.1 Å². The van der Waals surface area contributed by atoms with Crippen molar-refractivity contribution in [1.29, 1.82) is 0 Å². The van der Waals surface area contributed by atoms with Gasteiger partial charge in [-0.3, -0.25) is 4.79 Å². The molecule has 0 radical (unpaired) electrons. The van der Waals surface area contributed by atoms with Crippen LogP contribution < -0.4 is 10.1 Å². The van der Waals surface area contributed by atoms with Gasteiger partial charge in [-0.15, -0.1) is 0 Å². The summed E-state index contributed by atoms with van der Waals surface area (Å²) in [6.07, 6.45) is 1.58. The van der Waals surface area contributed by atoms with E-state index >= 15 is 0 Å². The number of hydrogen-bond acceptors (Lipinski definition) is 4. The molecule has 2 aromatic heterocycles. The molecule has 0 aliphatic carbocycles. The number of anilines is 1. The van der Waals surface area contributed by atoms with E-state index in [2.05, 4.69) is 10.3 Å². The molecule has 0 saturated carbocycles. The molecule has 3 rings (SSSR count). The minimum atomic E-state index is -0.252. The van der Waals surface area contributed by atoms with E-state index in [1.165, 1.54) is 0 Å². The number of aryl methyl sites for hydroxylation is 1. The summed E-state index contributed by atoms with van der Waals surface area (Å²) in [5.41, 5.74) is 1.93. The Morgan fingerprint density at radius 1 is 1.32 bits per heavy atom. The van der Waals surface area contributed by atoms with Gasteiger partial charge in [0.25, 0.3) is 5.91 Å². The number of hydrogen-bond donors (Lipinski definition) is 1. The van der Waals surface area contributed by atoms with Gasteiger partial charge in [0.15, 0.2) is 0 Å². The Morgan fingerprint density at radius 2 is 2.18 bits per heavy atom. The molecule has 3 aromatic rings. The molecule has 5 nitrogen and oxygen atoms in total. The summed E-state index contributed by atoms with van der Waals surface area (Å²) in [5.74, 6) is 0.899. The van der Waals surface area contributed by atoms with E-state index in [4.69, 9.17) is 9.15 Å². The predicted octanol–water partition coefficient (Wildman–Crippen LogP) is 3.79. The summed E-state index contributed by atoms with van der Waals surface area (Å²) < 4.78 is 11.0. The van der Waals surface area contributed by atoms with Gasteiger partial charge in [-0.25, -0.2) is 4.98 Å². The van der Waals surface area contributed by atoms with Crippen LogP contribution in [-0.2, 0) is 0 Å². The predicted molar refractivity (Wildman–Crippen MR) is 84.3 cm³/mol. The molecule has 1 N–H and O–H groups in total. The molecular formula is C17H16N2O3. The quantitative estimate of drug-likeness (QED) is 0.795. The fourth-order valence-electron chi connectivity index (χ4n) is 2.25. The third-order valence-electron chi connectivity index (χ3n) is 3.23. The van der Waals surface area contributed by atoms with Gasteiger partial charge in [0.05, 0.1) is 18.3 Å². The maximum atomic E-state index is 12.4. The van der Waals surface area contributed by atoms with Crippen molar-refractivity contribution in [3.8, 4) is 5.75 Å². The molecule has 5 heteroatoms. The van der Waals surface area contributed by atoms with Crippen molar-refractivity contribution in [2.24, 2.45) is 0 Å². The summed E-state index contributed by atoms with van der Waals surface area (Å²) in [6.45, 7) is 4.29. The molecule has 1 amide bonds. The lowest BCUT2D eigenvalue weighted by molar-refractivity contribution is 0.102. The number of benzene rings is 1. The molecule has 0 unspecified atom stereocenters. The molecular weight excluding hydrogens is 280 g/mol.